The number of esters is 1. The molecule has 3 aromatic carbocycles. The molecule has 0 bridgehead atoms. The number of rotatable bonds is 6. The fourth-order valence-corrected chi connectivity index (χ4v) is 4.57. The van der Waals surface area contributed by atoms with Crippen LogP contribution in [0.3, 0.4) is 0 Å². The minimum atomic E-state index is -0.477. The first-order valence-corrected chi connectivity index (χ1v) is 11.1. The third-order valence-corrected chi connectivity index (χ3v) is 6.25. The third kappa shape index (κ3) is 4.03. The van der Waals surface area contributed by atoms with Gasteiger partial charge in [-0.05, 0) is 43.2 Å². The highest BCUT2D eigenvalue weighted by molar-refractivity contribution is 5.71. The average Bonchev–Trinajstić information content (AvgIpc) is 3.46. The second kappa shape index (κ2) is 9.06. The Bertz CT molecular complexity index is 1300. The van der Waals surface area contributed by atoms with Crippen molar-refractivity contribution in [2.24, 2.45) is 0 Å². The Balaban J connectivity index is 1.37. The van der Waals surface area contributed by atoms with Crippen LogP contribution in [0.25, 0.3) is 0 Å². The summed E-state index contributed by atoms with van der Waals surface area (Å²) < 4.78 is 37.6. The molecular formula is C27H22FNO5. The molecule has 172 valence electrons. The van der Waals surface area contributed by atoms with E-state index in [1.807, 2.05) is 12.1 Å². The van der Waals surface area contributed by atoms with Crippen LogP contribution in [0.2, 0.25) is 0 Å². The maximum absolute atomic E-state index is 14.9. The van der Waals surface area contributed by atoms with Crippen LogP contribution in [-0.4, -0.2) is 19.7 Å². The van der Waals surface area contributed by atoms with Crippen molar-refractivity contribution in [2.45, 2.75) is 31.3 Å². The molecule has 0 spiro atoms. The molecule has 0 saturated heterocycles. The summed E-state index contributed by atoms with van der Waals surface area (Å²) in [4.78, 5) is 11.6. The van der Waals surface area contributed by atoms with Crippen LogP contribution in [0.5, 0.6) is 23.0 Å². The number of nitriles is 1. The summed E-state index contributed by atoms with van der Waals surface area (Å²) in [5, 5.41) is 9.34. The molecule has 0 saturated carbocycles. The Morgan fingerprint density at radius 3 is 2.85 bits per heavy atom. The average molecular weight is 459 g/mol. The third-order valence-electron chi connectivity index (χ3n) is 6.25. The van der Waals surface area contributed by atoms with E-state index in [1.165, 1.54) is 13.2 Å². The van der Waals surface area contributed by atoms with E-state index in [4.69, 9.17) is 18.9 Å². The molecule has 0 amide bonds. The van der Waals surface area contributed by atoms with Gasteiger partial charge in [0.15, 0.2) is 0 Å². The lowest BCUT2D eigenvalue weighted by molar-refractivity contribution is -0.141. The van der Waals surface area contributed by atoms with Gasteiger partial charge in [-0.2, -0.15) is 5.26 Å². The van der Waals surface area contributed by atoms with Gasteiger partial charge >= 0.3 is 5.97 Å². The van der Waals surface area contributed by atoms with Gasteiger partial charge in [0.2, 0.25) is 0 Å². The number of hydrogen-bond acceptors (Lipinski definition) is 6. The fraction of sp³-hybridized carbons (Fsp3) is 0.259. The molecule has 2 atom stereocenters. The zero-order valence-corrected chi connectivity index (χ0v) is 18.5. The van der Waals surface area contributed by atoms with Crippen molar-refractivity contribution in [3.63, 3.8) is 0 Å². The first kappa shape index (κ1) is 21.8. The quantitative estimate of drug-likeness (QED) is 0.447. The second-order valence-electron chi connectivity index (χ2n) is 8.28. The van der Waals surface area contributed by atoms with Crippen LogP contribution in [-0.2, 0) is 16.0 Å². The van der Waals surface area contributed by atoms with Gasteiger partial charge < -0.3 is 18.9 Å². The van der Waals surface area contributed by atoms with E-state index < -0.39 is 6.10 Å². The van der Waals surface area contributed by atoms with Gasteiger partial charge in [-0.15, -0.1) is 0 Å². The number of nitrogens with zero attached hydrogens (tertiary/aromatic N) is 1. The molecule has 0 radical (unpaired) electrons. The molecule has 34 heavy (non-hydrogen) atoms. The van der Waals surface area contributed by atoms with Gasteiger partial charge in [-0.3, -0.25) is 4.79 Å². The van der Waals surface area contributed by atoms with E-state index >= 15 is 0 Å². The van der Waals surface area contributed by atoms with Crippen LogP contribution in [0.1, 0.15) is 47.1 Å². The summed E-state index contributed by atoms with van der Waals surface area (Å²) in [6, 6.07) is 17.5. The normalized spacial score (nSPS) is 17.8. The van der Waals surface area contributed by atoms with Crippen molar-refractivity contribution < 1.29 is 28.1 Å². The number of hydrogen-bond donors (Lipinski definition) is 0. The maximum Gasteiger partial charge on any atom is 0.306 e. The zero-order valence-electron chi connectivity index (χ0n) is 18.5. The molecule has 0 N–H and O–H groups in total. The lowest BCUT2D eigenvalue weighted by Crippen LogP contribution is -2.09. The summed E-state index contributed by atoms with van der Waals surface area (Å²) in [7, 11) is 1.37. The lowest BCUT2D eigenvalue weighted by Gasteiger charge is -2.17. The first-order valence-electron chi connectivity index (χ1n) is 11.1. The first-order chi connectivity index (χ1) is 16.6. The summed E-state index contributed by atoms with van der Waals surface area (Å²) in [5.74, 6) is 1.49. The van der Waals surface area contributed by atoms with Crippen LogP contribution >= 0.6 is 0 Å². The Labute approximate surface area is 196 Å². The van der Waals surface area contributed by atoms with E-state index in [0.29, 0.717) is 53.6 Å². The Morgan fingerprint density at radius 1 is 1.18 bits per heavy atom. The minimum absolute atomic E-state index is 0.0582. The maximum atomic E-state index is 14.9. The largest absolute Gasteiger partial charge is 0.492 e. The number of benzene rings is 3. The SMILES string of the molecule is COC(=O)CC1COc2cc(OC3CCc4c(Oc5ccccc5C#N)ccc(F)c43)ccc21. The predicted molar refractivity (Wildman–Crippen MR) is 121 cm³/mol. The van der Waals surface area contributed by atoms with Gasteiger partial charge in [0.05, 0.1) is 25.7 Å². The number of halogens is 1. The number of carbonyl (C=O) groups is 1. The van der Waals surface area contributed by atoms with Crippen molar-refractivity contribution in [3.8, 4) is 29.1 Å². The van der Waals surface area contributed by atoms with Gasteiger partial charge in [-0.25, -0.2) is 4.39 Å². The number of carbonyl (C=O) groups excluding carboxylic acids is 1. The van der Waals surface area contributed by atoms with E-state index in [-0.39, 0.29) is 24.1 Å². The van der Waals surface area contributed by atoms with Gasteiger partial charge in [-0.1, -0.05) is 18.2 Å². The number of methoxy groups -OCH3 is 1. The van der Waals surface area contributed by atoms with E-state index in [0.717, 1.165) is 11.1 Å². The zero-order chi connectivity index (χ0) is 23.7. The molecular weight excluding hydrogens is 437 g/mol. The topological polar surface area (TPSA) is 77.8 Å². The Morgan fingerprint density at radius 2 is 2.03 bits per heavy atom. The molecule has 2 aliphatic rings. The molecule has 0 fully saturated rings. The lowest BCUT2D eigenvalue weighted by atomic mass is 9.98. The second-order valence-corrected chi connectivity index (χ2v) is 8.28. The summed E-state index contributed by atoms with van der Waals surface area (Å²) in [5.41, 5.74) is 2.56. The van der Waals surface area contributed by atoms with Crippen molar-refractivity contribution in [1.29, 1.82) is 5.26 Å². The van der Waals surface area contributed by atoms with Gasteiger partial charge in [0.25, 0.3) is 0 Å². The molecule has 1 heterocycles. The summed E-state index contributed by atoms with van der Waals surface area (Å²) in [6.07, 6.45) is 0.956. The molecule has 2 unspecified atom stereocenters. The van der Waals surface area contributed by atoms with Crippen molar-refractivity contribution in [3.05, 3.63) is 82.7 Å². The van der Waals surface area contributed by atoms with Crippen molar-refractivity contribution in [1.82, 2.24) is 0 Å². The van der Waals surface area contributed by atoms with Gasteiger partial charge in [0.1, 0.15) is 41.0 Å². The number of fused-ring (bicyclic) bond motifs is 2. The Hall–Kier alpha value is -4.05. The fourth-order valence-electron chi connectivity index (χ4n) is 4.57. The van der Waals surface area contributed by atoms with Crippen LogP contribution < -0.4 is 14.2 Å². The molecule has 1 aliphatic carbocycles. The minimum Gasteiger partial charge on any atom is -0.492 e. The van der Waals surface area contributed by atoms with Crippen LogP contribution in [0.15, 0.2) is 54.6 Å². The van der Waals surface area contributed by atoms with E-state index in [2.05, 4.69) is 6.07 Å². The predicted octanol–water partition coefficient (Wildman–Crippen LogP) is 5.60. The number of ether oxygens (including phenoxy) is 4. The summed E-state index contributed by atoms with van der Waals surface area (Å²) in [6.45, 7) is 0.402. The number of para-hydroxylation sites is 1. The highest BCUT2D eigenvalue weighted by atomic mass is 19.1. The van der Waals surface area contributed by atoms with Crippen LogP contribution in [0, 0.1) is 17.1 Å². The van der Waals surface area contributed by atoms with Crippen molar-refractivity contribution >= 4 is 5.97 Å². The molecule has 0 aromatic heterocycles. The molecule has 7 heteroatoms. The smallest absolute Gasteiger partial charge is 0.306 e. The van der Waals surface area contributed by atoms with E-state index in [1.54, 1.807) is 36.4 Å². The van der Waals surface area contributed by atoms with E-state index in [9.17, 15) is 14.4 Å². The molecule has 1 aliphatic heterocycles. The van der Waals surface area contributed by atoms with Crippen molar-refractivity contribution in [2.75, 3.05) is 13.7 Å². The molecule has 3 aromatic rings. The van der Waals surface area contributed by atoms with Gasteiger partial charge in [0, 0.05) is 28.7 Å². The summed E-state index contributed by atoms with van der Waals surface area (Å²) >= 11 is 0. The monoisotopic (exact) mass is 459 g/mol. The standard InChI is InChI=1S/C27H22FNO5/c1-31-26(30)12-17-15-32-25-13-18(6-7-19(17)25)33-24-10-8-20-23(11-9-21(28)27(20)24)34-22-5-3-2-4-16(22)14-29/h2-7,9,11,13,17,24H,8,10,12,15H2,1H3. The molecule has 6 nitrogen and oxygen atoms in total. The highest BCUT2D eigenvalue weighted by Crippen LogP contribution is 2.44. The van der Waals surface area contributed by atoms with Crippen LogP contribution in [0.4, 0.5) is 4.39 Å². The molecule has 5 rings (SSSR count). The highest BCUT2D eigenvalue weighted by Gasteiger charge is 2.32. The Kier molecular flexibility index (Phi) is 5.81.